The Kier molecular flexibility index (Phi) is 2.04. The van der Waals surface area contributed by atoms with Gasteiger partial charge in [-0.25, -0.2) is 0 Å². The smallest absolute Gasteiger partial charge is 0.238 e. The number of nitrogens with one attached hydrogen (secondary N) is 1. The average Bonchev–Trinajstić information content (AvgIpc) is 1.98. The quantitative estimate of drug-likeness (QED) is 0.246. The minimum Gasteiger partial charge on any atom is -0.778 e. The van der Waals surface area contributed by atoms with Gasteiger partial charge in [0, 0.05) is 7.05 Å². The Hall–Kier alpha value is 0.570. The first-order chi connectivity index (χ1) is 3.72. The standard InChI is InChI=1S/C3H6IN2O2/c1-6-2(4)3(7)8-5-6/h2-3,5H,1H3. The molecular weight excluding hydrogens is 223 g/mol. The van der Waals surface area contributed by atoms with E-state index in [1.54, 1.807) is 12.1 Å². The second-order valence-electron chi connectivity index (χ2n) is 1.56. The van der Waals surface area contributed by atoms with Crippen LogP contribution in [0, 0.1) is 0 Å². The molecule has 0 aliphatic carbocycles. The van der Waals surface area contributed by atoms with Crippen LogP contribution in [0.4, 0.5) is 0 Å². The maximum atomic E-state index is 10.5. The van der Waals surface area contributed by atoms with E-state index in [0.717, 1.165) is 0 Å². The summed E-state index contributed by atoms with van der Waals surface area (Å²) in [5.74, 6) is 0. The van der Waals surface area contributed by atoms with Gasteiger partial charge in [-0.15, -0.1) is 0 Å². The van der Waals surface area contributed by atoms with Crippen molar-refractivity contribution in [2.45, 2.75) is 10.3 Å². The van der Waals surface area contributed by atoms with E-state index < -0.39 is 6.29 Å². The number of halogens is 1. The predicted molar refractivity (Wildman–Crippen MR) is 33.6 cm³/mol. The number of hydrogen-bond donors (Lipinski definition) is 1. The van der Waals surface area contributed by atoms with Crippen LogP contribution in [0.3, 0.4) is 0 Å². The number of likely N-dealkylation sites (N-methyl/N-ethyl adjacent to an activating group) is 1. The highest BCUT2D eigenvalue weighted by Gasteiger charge is 2.33. The second kappa shape index (κ2) is 2.44. The van der Waals surface area contributed by atoms with Gasteiger partial charge in [-0.1, -0.05) is 22.6 Å². The van der Waals surface area contributed by atoms with E-state index in [-0.39, 0.29) is 4.05 Å². The van der Waals surface area contributed by atoms with Crippen LogP contribution in [0.25, 0.3) is 0 Å². The highest BCUT2D eigenvalue weighted by Crippen LogP contribution is 2.12. The molecule has 0 saturated carbocycles. The fraction of sp³-hybridized carbons (Fsp3) is 1.00. The van der Waals surface area contributed by atoms with Crippen LogP contribution >= 0.6 is 22.6 Å². The van der Waals surface area contributed by atoms with Crippen LogP contribution in [0.2, 0.25) is 0 Å². The third-order valence-corrected chi connectivity index (χ3v) is 2.33. The van der Waals surface area contributed by atoms with Gasteiger partial charge in [0.2, 0.25) is 6.29 Å². The molecule has 1 aliphatic rings. The summed E-state index contributed by atoms with van der Waals surface area (Å²) in [7, 11) is 1.76. The summed E-state index contributed by atoms with van der Waals surface area (Å²) in [5.41, 5.74) is 2.43. The molecule has 2 atom stereocenters. The lowest BCUT2D eigenvalue weighted by molar-refractivity contribution is -0.485. The van der Waals surface area contributed by atoms with Crippen molar-refractivity contribution in [1.29, 1.82) is 0 Å². The molecule has 5 heteroatoms. The topological polar surface area (TPSA) is 49.6 Å². The van der Waals surface area contributed by atoms with Crippen molar-refractivity contribution >= 4 is 22.6 Å². The Balaban J connectivity index is 2.44. The van der Waals surface area contributed by atoms with Gasteiger partial charge in [0.1, 0.15) is 4.05 Å². The summed E-state index contributed by atoms with van der Waals surface area (Å²) >= 11 is 2.01. The number of rotatable bonds is 0. The molecule has 0 aromatic rings. The van der Waals surface area contributed by atoms with Gasteiger partial charge in [-0.05, 0) is 4.84 Å². The summed E-state index contributed by atoms with van der Waals surface area (Å²) < 4.78 is -0.104. The first-order valence-corrected chi connectivity index (χ1v) is 3.40. The fourth-order valence-corrected chi connectivity index (χ4v) is 0.685. The highest BCUT2D eigenvalue weighted by atomic mass is 127. The van der Waals surface area contributed by atoms with Crippen LogP contribution in [-0.2, 0) is 4.84 Å². The molecule has 0 spiro atoms. The Bertz CT molecular complexity index is 81.4. The number of alkyl halides is 1. The molecule has 1 N–H and O–H groups in total. The lowest BCUT2D eigenvalue weighted by Gasteiger charge is -2.07. The van der Waals surface area contributed by atoms with Gasteiger partial charge in [0.25, 0.3) is 0 Å². The third-order valence-electron chi connectivity index (χ3n) is 0.907. The van der Waals surface area contributed by atoms with E-state index in [9.17, 15) is 5.11 Å². The van der Waals surface area contributed by atoms with Gasteiger partial charge < -0.3 is 5.11 Å². The first kappa shape index (κ1) is 6.69. The summed E-state index contributed by atoms with van der Waals surface area (Å²) in [6.07, 6.45) is -0.958. The minimum absolute atomic E-state index is 0.104. The van der Waals surface area contributed by atoms with Crippen LogP contribution in [-0.4, -0.2) is 22.4 Å². The molecule has 1 rings (SSSR count). The molecule has 0 aromatic carbocycles. The normalized spacial score (nSPS) is 40.9. The summed E-state index contributed by atoms with van der Waals surface area (Å²) in [6.45, 7) is 0. The fourth-order valence-electron chi connectivity index (χ4n) is 0.424. The summed E-state index contributed by atoms with van der Waals surface area (Å²) in [4.78, 5) is 4.49. The zero-order valence-electron chi connectivity index (χ0n) is 4.30. The molecule has 0 bridgehead atoms. The van der Waals surface area contributed by atoms with Crippen molar-refractivity contribution in [3.05, 3.63) is 0 Å². The second-order valence-corrected chi connectivity index (χ2v) is 2.84. The molecule has 0 amide bonds. The van der Waals surface area contributed by atoms with Gasteiger partial charge >= 0.3 is 0 Å². The molecule has 0 aromatic heterocycles. The van der Waals surface area contributed by atoms with Gasteiger partial charge in [-0.3, -0.25) is 0 Å². The Morgan fingerprint density at radius 3 is 2.62 bits per heavy atom. The SMILES string of the molecule is CN1N[O+]C([O-])C1I. The van der Waals surface area contributed by atoms with Gasteiger partial charge in [0.05, 0.1) is 5.59 Å². The molecule has 1 radical (unpaired) electrons. The monoisotopic (exact) mass is 229 g/mol. The van der Waals surface area contributed by atoms with Crippen LogP contribution in [0.1, 0.15) is 0 Å². The lowest BCUT2D eigenvalue weighted by atomic mass is 10.6. The van der Waals surface area contributed by atoms with E-state index in [4.69, 9.17) is 0 Å². The molecule has 2 unspecified atom stereocenters. The highest BCUT2D eigenvalue weighted by molar-refractivity contribution is 14.1. The minimum atomic E-state index is -0.958. The van der Waals surface area contributed by atoms with Crippen molar-refractivity contribution in [1.82, 2.24) is 10.6 Å². The van der Waals surface area contributed by atoms with Gasteiger partial charge in [0.15, 0.2) is 0 Å². The number of hydrogen-bond acceptors (Lipinski definition) is 4. The summed E-state index contributed by atoms with van der Waals surface area (Å²) in [6, 6.07) is 0. The predicted octanol–water partition coefficient (Wildman–Crippen LogP) is -1.18. The van der Waals surface area contributed by atoms with Crippen molar-refractivity contribution in [2.75, 3.05) is 7.05 Å². The molecule has 1 aliphatic heterocycles. The van der Waals surface area contributed by atoms with Gasteiger partial charge in [-0.2, -0.15) is 5.01 Å². The molecule has 1 fully saturated rings. The van der Waals surface area contributed by atoms with Crippen molar-refractivity contribution < 1.29 is 9.94 Å². The third kappa shape index (κ3) is 1.11. The molecule has 1 saturated heterocycles. The summed E-state index contributed by atoms with van der Waals surface area (Å²) in [5, 5.41) is 12.2. The average molecular weight is 229 g/mol. The van der Waals surface area contributed by atoms with Crippen LogP contribution in [0.15, 0.2) is 0 Å². The van der Waals surface area contributed by atoms with E-state index in [1.165, 1.54) is 0 Å². The van der Waals surface area contributed by atoms with E-state index in [2.05, 4.69) is 10.4 Å². The number of nitrogens with zero attached hydrogens (tertiary/aromatic N) is 1. The van der Waals surface area contributed by atoms with E-state index >= 15 is 0 Å². The molecular formula is C3H6IN2O2. The molecule has 1 heterocycles. The maximum Gasteiger partial charge on any atom is 0.238 e. The van der Waals surface area contributed by atoms with Crippen molar-refractivity contribution in [3.8, 4) is 0 Å². The largest absolute Gasteiger partial charge is 0.778 e. The molecule has 4 nitrogen and oxygen atoms in total. The van der Waals surface area contributed by atoms with E-state index in [1.807, 2.05) is 22.6 Å². The Morgan fingerprint density at radius 2 is 2.50 bits per heavy atom. The Morgan fingerprint density at radius 1 is 1.88 bits per heavy atom. The Labute approximate surface area is 60.9 Å². The van der Waals surface area contributed by atoms with Crippen LogP contribution < -0.4 is 10.7 Å². The zero-order valence-corrected chi connectivity index (χ0v) is 6.45. The molecule has 47 valence electrons. The molecule has 8 heavy (non-hydrogen) atoms. The zero-order chi connectivity index (χ0) is 6.15. The van der Waals surface area contributed by atoms with Crippen molar-refractivity contribution in [2.24, 2.45) is 0 Å². The maximum absolute atomic E-state index is 10.5. The van der Waals surface area contributed by atoms with Crippen molar-refractivity contribution in [3.63, 3.8) is 0 Å². The van der Waals surface area contributed by atoms with Crippen LogP contribution in [0.5, 0.6) is 0 Å². The number of hydrazine groups is 1. The first-order valence-electron chi connectivity index (χ1n) is 2.16. The lowest BCUT2D eigenvalue weighted by Crippen LogP contribution is -2.36. The van der Waals surface area contributed by atoms with E-state index in [0.29, 0.717) is 0 Å².